The summed E-state index contributed by atoms with van der Waals surface area (Å²) < 4.78 is 2.07. The molecule has 1 N–H and O–H groups in total. The number of carbonyl (C=O) groups is 1. The van der Waals surface area contributed by atoms with Gasteiger partial charge in [-0.1, -0.05) is 18.2 Å². The summed E-state index contributed by atoms with van der Waals surface area (Å²) in [6, 6.07) is 10.6. The molecule has 3 aromatic rings. The van der Waals surface area contributed by atoms with Crippen LogP contribution in [0.5, 0.6) is 0 Å². The van der Waals surface area contributed by atoms with Crippen LogP contribution >= 0.6 is 0 Å². The second kappa shape index (κ2) is 8.60. The molecule has 1 amide bonds. The van der Waals surface area contributed by atoms with Gasteiger partial charge in [-0.2, -0.15) is 0 Å². The Morgan fingerprint density at radius 2 is 1.97 bits per heavy atom. The number of imidazole rings is 1. The van der Waals surface area contributed by atoms with E-state index < -0.39 is 0 Å². The van der Waals surface area contributed by atoms with Crippen LogP contribution in [0.3, 0.4) is 0 Å². The quantitative estimate of drug-likeness (QED) is 0.691. The highest BCUT2D eigenvalue weighted by Gasteiger charge is 2.28. The van der Waals surface area contributed by atoms with Crippen molar-refractivity contribution in [3.8, 4) is 11.3 Å². The lowest BCUT2D eigenvalue weighted by Crippen LogP contribution is -2.45. The SMILES string of the molecule is Cc1ccc(-c2nc3c(C)cccn3c2CC(=O)N2CCCCC2CCO)cc1C. The summed E-state index contributed by atoms with van der Waals surface area (Å²) in [4.78, 5) is 20.3. The standard InChI is InChI=1S/C25H31N3O2/c1-17-9-10-20(15-19(17)3)24-22(28-13-6-7-18(2)25(28)26-24)16-23(30)27-12-5-4-8-21(27)11-14-29/h6-7,9-10,13,15,21,29H,4-5,8,11-12,14,16H2,1-3H3. The lowest BCUT2D eigenvalue weighted by atomic mass is 9.98. The molecule has 0 bridgehead atoms. The molecule has 0 saturated carbocycles. The number of hydrogen-bond donors (Lipinski definition) is 1. The summed E-state index contributed by atoms with van der Waals surface area (Å²) in [5.41, 5.74) is 7.34. The summed E-state index contributed by atoms with van der Waals surface area (Å²) in [5, 5.41) is 9.44. The van der Waals surface area contributed by atoms with Gasteiger partial charge in [0.2, 0.25) is 5.91 Å². The number of aryl methyl sites for hydroxylation is 3. The van der Waals surface area contributed by atoms with Gasteiger partial charge >= 0.3 is 0 Å². The van der Waals surface area contributed by atoms with Crippen LogP contribution in [0, 0.1) is 20.8 Å². The van der Waals surface area contributed by atoms with E-state index in [2.05, 4.69) is 49.4 Å². The molecule has 0 spiro atoms. The fourth-order valence-corrected chi connectivity index (χ4v) is 4.56. The zero-order valence-corrected chi connectivity index (χ0v) is 18.2. The number of piperidine rings is 1. The summed E-state index contributed by atoms with van der Waals surface area (Å²) >= 11 is 0. The normalized spacial score (nSPS) is 16.9. The number of hydrogen-bond acceptors (Lipinski definition) is 3. The Morgan fingerprint density at radius 1 is 1.13 bits per heavy atom. The third-order valence-electron chi connectivity index (χ3n) is 6.45. The van der Waals surface area contributed by atoms with Gasteiger partial charge in [0.1, 0.15) is 5.65 Å². The van der Waals surface area contributed by atoms with Gasteiger partial charge in [-0.3, -0.25) is 4.79 Å². The van der Waals surface area contributed by atoms with Crippen LogP contribution in [-0.4, -0.2) is 44.5 Å². The van der Waals surface area contributed by atoms with E-state index in [1.165, 1.54) is 11.1 Å². The molecule has 1 aliphatic rings. The van der Waals surface area contributed by atoms with Gasteiger partial charge < -0.3 is 14.4 Å². The van der Waals surface area contributed by atoms with Crippen molar-refractivity contribution in [3.63, 3.8) is 0 Å². The molecular formula is C25H31N3O2. The van der Waals surface area contributed by atoms with Crippen LogP contribution in [0.1, 0.15) is 48.1 Å². The lowest BCUT2D eigenvalue weighted by Gasteiger charge is -2.35. The van der Waals surface area contributed by atoms with Crippen molar-refractivity contribution in [1.82, 2.24) is 14.3 Å². The number of aliphatic hydroxyl groups excluding tert-OH is 1. The van der Waals surface area contributed by atoms with E-state index in [-0.39, 0.29) is 18.6 Å². The van der Waals surface area contributed by atoms with Crippen molar-refractivity contribution in [1.29, 1.82) is 0 Å². The smallest absolute Gasteiger partial charge is 0.228 e. The molecule has 3 heterocycles. The highest BCUT2D eigenvalue weighted by molar-refractivity contribution is 5.82. The predicted octanol–water partition coefficient (Wildman–Crippen LogP) is 4.23. The number of aliphatic hydroxyl groups is 1. The largest absolute Gasteiger partial charge is 0.396 e. The maximum absolute atomic E-state index is 13.4. The maximum atomic E-state index is 13.4. The minimum atomic E-state index is 0.122. The monoisotopic (exact) mass is 405 g/mol. The fourth-order valence-electron chi connectivity index (χ4n) is 4.56. The van der Waals surface area contributed by atoms with Crippen LogP contribution in [0.25, 0.3) is 16.9 Å². The number of fused-ring (bicyclic) bond motifs is 1. The molecule has 1 aliphatic heterocycles. The minimum absolute atomic E-state index is 0.122. The van der Waals surface area contributed by atoms with Gasteiger partial charge in [0.25, 0.3) is 0 Å². The van der Waals surface area contributed by atoms with E-state index in [0.29, 0.717) is 12.8 Å². The van der Waals surface area contributed by atoms with E-state index in [4.69, 9.17) is 4.98 Å². The Balaban J connectivity index is 1.76. The fraction of sp³-hybridized carbons (Fsp3) is 0.440. The molecule has 5 heteroatoms. The predicted molar refractivity (Wildman–Crippen MR) is 120 cm³/mol. The van der Waals surface area contributed by atoms with Crippen molar-refractivity contribution in [2.45, 2.75) is 58.9 Å². The number of pyridine rings is 1. The van der Waals surface area contributed by atoms with Gasteiger partial charge in [-0.15, -0.1) is 0 Å². The van der Waals surface area contributed by atoms with Crippen molar-refractivity contribution < 1.29 is 9.90 Å². The first-order chi connectivity index (χ1) is 14.5. The number of benzene rings is 1. The summed E-state index contributed by atoms with van der Waals surface area (Å²) in [6.07, 6.45) is 6.10. The summed E-state index contributed by atoms with van der Waals surface area (Å²) in [6.45, 7) is 7.17. The van der Waals surface area contributed by atoms with Crippen LogP contribution in [-0.2, 0) is 11.2 Å². The topological polar surface area (TPSA) is 57.8 Å². The van der Waals surface area contributed by atoms with Gasteiger partial charge in [-0.05, 0) is 75.3 Å². The van der Waals surface area contributed by atoms with Crippen LogP contribution < -0.4 is 0 Å². The lowest BCUT2D eigenvalue weighted by molar-refractivity contribution is -0.134. The third kappa shape index (κ3) is 3.86. The molecule has 30 heavy (non-hydrogen) atoms. The molecule has 1 saturated heterocycles. The molecule has 2 aromatic heterocycles. The van der Waals surface area contributed by atoms with Gasteiger partial charge in [0.15, 0.2) is 0 Å². The Bertz CT molecular complexity index is 1070. The van der Waals surface area contributed by atoms with E-state index >= 15 is 0 Å². The van der Waals surface area contributed by atoms with E-state index in [1.807, 2.05) is 17.2 Å². The van der Waals surface area contributed by atoms with Crippen molar-refractivity contribution >= 4 is 11.6 Å². The molecule has 0 aliphatic carbocycles. The Morgan fingerprint density at radius 3 is 2.73 bits per heavy atom. The van der Waals surface area contributed by atoms with Gasteiger partial charge in [0, 0.05) is 31.0 Å². The number of carbonyl (C=O) groups excluding carboxylic acids is 1. The number of aromatic nitrogens is 2. The van der Waals surface area contributed by atoms with Crippen molar-refractivity contribution in [2.24, 2.45) is 0 Å². The maximum Gasteiger partial charge on any atom is 0.228 e. The first-order valence-corrected chi connectivity index (χ1v) is 10.9. The second-order valence-corrected chi connectivity index (χ2v) is 8.52. The molecular weight excluding hydrogens is 374 g/mol. The number of rotatable bonds is 5. The number of nitrogens with zero attached hydrogens (tertiary/aromatic N) is 3. The van der Waals surface area contributed by atoms with Crippen molar-refractivity contribution in [2.75, 3.05) is 13.2 Å². The summed E-state index contributed by atoms with van der Waals surface area (Å²) in [7, 11) is 0. The molecule has 1 atom stereocenters. The Hall–Kier alpha value is -2.66. The zero-order chi connectivity index (χ0) is 21.3. The molecule has 1 aromatic carbocycles. The van der Waals surface area contributed by atoms with Crippen LogP contribution in [0.15, 0.2) is 36.5 Å². The number of likely N-dealkylation sites (tertiary alicyclic amines) is 1. The molecule has 1 unspecified atom stereocenters. The van der Waals surface area contributed by atoms with E-state index in [1.54, 1.807) is 0 Å². The second-order valence-electron chi connectivity index (χ2n) is 8.52. The Labute approximate surface area is 178 Å². The van der Waals surface area contributed by atoms with Crippen molar-refractivity contribution in [3.05, 3.63) is 58.9 Å². The van der Waals surface area contributed by atoms with E-state index in [9.17, 15) is 9.90 Å². The minimum Gasteiger partial charge on any atom is -0.396 e. The molecule has 1 fully saturated rings. The van der Waals surface area contributed by atoms with Gasteiger partial charge in [0.05, 0.1) is 17.8 Å². The average Bonchev–Trinajstić information content (AvgIpc) is 3.10. The van der Waals surface area contributed by atoms with Crippen LogP contribution in [0.4, 0.5) is 0 Å². The molecule has 158 valence electrons. The van der Waals surface area contributed by atoms with Crippen LogP contribution in [0.2, 0.25) is 0 Å². The van der Waals surface area contributed by atoms with E-state index in [0.717, 1.165) is 54.0 Å². The highest BCUT2D eigenvalue weighted by atomic mass is 16.3. The highest BCUT2D eigenvalue weighted by Crippen LogP contribution is 2.29. The average molecular weight is 406 g/mol. The Kier molecular flexibility index (Phi) is 5.91. The van der Waals surface area contributed by atoms with Gasteiger partial charge in [-0.25, -0.2) is 4.98 Å². The molecule has 4 rings (SSSR count). The third-order valence-corrected chi connectivity index (χ3v) is 6.45. The zero-order valence-electron chi connectivity index (χ0n) is 18.2. The molecule has 0 radical (unpaired) electrons. The first-order valence-electron chi connectivity index (χ1n) is 10.9. The summed E-state index contributed by atoms with van der Waals surface area (Å²) in [5.74, 6) is 0.126. The number of amides is 1. The first kappa shape index (κ1) is 20.6. The molecule has 5 nitrogen and oxygen atoms in total.